The van der Waals surface area contributed by atoms with Gasteiger partial charge >= 0.3 is 0 Å². The summed E-state index contributed by atoms with van der Waals surface area (Å²) in [7, 11) is 0. The summed E-state index contributed by atoms with van der Waals surface area (Å²) in [5.74, 6) is -2.18. The van der Waals surface area contributed by atoms with Gasteiger partial charge in [0.1, 0.15) is 0 Å². The van der Waals surface area contributed by atoms with Gasteiger partial charge in [-0.2, -0.15) is 0 Å². The summed E-state index contributed by atoms with van der Waals surface area (Å²) in [6.45, 7) is 2.78. The fourth-order valence-corrected chi connectivity index (χ4v) is 3.95. The third-order valence-corrected chi connectivity index (χ3v) is 5.51. The Labute approximate surface area is 163 Å². The Morgan fingerprint density at radius 3 is 2.54 bits per heavy atom. The van der Waals surface area contributed by atoms with Crippen LogP contribution < -0.4 is 10.9 Å². The molecule has 5 nitrogen and oxygen atoms in total. The molecule has 2 aromatic rings. The zero-order valence-electron chi connectivity index (χ0n) is 15.6. The third-order valence-electron chi connectivity index (χ3n) is 5.51. The van der Waals surface area contributed by atoms with E-state index >= 15 is 0 Å². The largest absolute Gasteiger partial charge is 0.337 e. The molecule has 0 aliphatic carbocycles. The van der Waals surface area contributed by atoms with E-state index in [4.69, 9.17) is 0 Å². The molecule has 0 saturated carbocycles. The van der Waals surface area contributed by atoms with Gasteiger partial charge in [0.05, 0.1) is 6.17 Å². The van der Waals surface area contributed by atoms with E-state index < -0.39 is 11.6 Å². The van der Waals surface area contributed by atoms with Crippen LogP contribution >= 0.6 is 0 Å². The molecule has 4 rings (SSSR count). The molecule has 2 N–H and O–H groups in total. The first-order valence-electron chi connectivity index (χ1n) is 9.66. The predicted octanol–water partition coefficient (Wildman–Crippen LogP) is 2.68. The van der Waals surface area contributed by atoms with Crippen molar-refractivity contribution < 1.29 is 13.6 Å². The minimum Gasteiger partial charge on any atom is -0.337 e. The number of nitrogens with zero attached hydrogens (tertiary/aromatic N) is 2. The molecule has 2 aliphatic rings. The fraction of sp³-hybridized carbons (Fsp3) is 0.381. The van der Waals surface area contributed by atoms with E-state index in [2.05, 4.69) is 27.9 Å². The van der Waals surface area contributed by atoms with Gasteiger partial charge in [0.25, 0.3) is 5.91 Å². The van der Waals surface area contributed by atoms with Crippen LogP contribution in [0.5, 0.6) is 0 Å². The van der Waals surface area contributed by atoms with Crippen LogP contribution in [0.25, 0.3) is 0 Å². The molecule has 0 aromatic heterocycles. The number of benzene rings is 2. The van der Waals surface area contributed by atoms with Gasteiger partial charge < -0.3 is 4.90 Å². The van der Waals surface area contributed by atoms with Crippen LogP contribution in [0.2, 0.25) is 0 Å². The van der Waals surface area contributed by atoms with Crippen molar-refractivity contribution >= 4 is 5.91 Å². The molecule has 2 fully saturated rings. The Morgan fingerprint density at radius 1 is 0.929 bits per heavy atom. The van der Waals surface area contributed by atoms with E-state index in [-0.39, 0.29) is 23.7 Å². The van der Waals surface area contributed by atoms with Crippen molar-refractivity contribution in [3.8, 4) is 0 Å². The summed E-state index contributed by atoms with van der Waals surface area (Å²) < 4.78 is 26.6. The lowest BCUT2D eigenvalue weighted by Crippen LogP contribution is -2.46. The molecule has 2 atom stereocenters. The number of hydrazine groups is 1. The molecule has 2 saturated heterocycles. The summed E-state index contributed by atoms with van der Waals surface area (Å²) >= 11 is 0. The van der Waals surface area contributed by atoms with Crippen LogP contribution in [0.4, 0.5) is 8.78 Å². The van der Waals surface area contributed by atoms with Crippen LogP contribution in [0.15, 0.2) is 48.5 Å². The van der Waals surface area contributed by atoms with E-state index in [0.717, 1.165) is 38.1 Å². The van der Waals surface area contributed by atoms with E-state index in [1.165, 1.54) is 11.6 Å². The molecule has 0 radical (unpaired) electrons. The smallest absolute Gasteiger partial charge is 0.254 e. The SMILES string of the molecule is O=C(c1ccc(F)c(F)c1)N1CCCN(C2CC(c3ccccc3)NN2)CC1. The van der Waals surface area contributed by atoms with Crippen molar-refractivity contribution in [2.24, 2.45) is 0 Å². The molecule has 2 unspecified atom stereocenters. The average Bonchev–Trinajstić information content (AvgIpc) is 3.08. The van der Waals surface area contributed by atoms with Gasteiger partial charge in [0.15, 0.2) is 11.6 Å². The van der Waals surface area contributed by atoms with Gasteiger partial charge in [-0.25, -0.2) is 19.6 Å². The monoisotopic (exact) mass is 386 g/mol. The summed E-state index contributed by atoms with van der Waals surface area (Å²) in [5, 5.41) is 0. The molecule has 2 heterocycles. The number of hydrogen-bond donors (Lipinski definition) is 2. The predicted molar refractivity (Wildman–Crippen MR) is 102 cm³/mol. The van der Waals surface area contributed by atoms with Gasteiger partial charge in [-0.1, -0.05) is 30.3 Å². The average molecular weight is 386 g/mol. The van der Waals surface area contributed by atoms with Gasteiger partial charge in [-0.3, -0.25) is 9.69 Å². The van der Waals surface area contributed by atoms with Crippen LogP contribution in [-0.2, 0) is 0 Å². The molecule has 1 amide bonds. The molecule has 0 spiro atoms. The van der Waals surface area contributed by atoms with Crippen LogP contribution in [0, 0.1) is 11.6 Å². The van der Waals surface area contributed by atoms with Crippen molar-refractivity contribution in [1.82, 2.24) is 20.7 Å². The Bertz CT molecular complexity index is 832. The maximum atomic E-state index is 13.5. The lowest BCUT2D eigenvalue weighted by molar-refractivity contribution is 0.0756. The molecular formula is C21H24F2N4O. The normalized spacial score (nSPS) is 23.6. The Kier molecular flexibility index (Phi) is 5.66. The van der Waals surface area contributed by atoms with Gasteiger partial charge in [0, 0.05) is 37.8 Å². The second kappa shape index (κ2) is 8.34. The van der Waals surface area contributed by atoms with Crippen molar-refractivity contribution in [2.45, 2.75) is 25.0 Å². The Morgan fingerprint density at radius 2 is 1.75 bits per heavy atom. The first kappa shape index (κ1) is 19.0. The van der Waals surface area contributed by atoms with Gasteiger partial charge in [0.2, 0.25) is 0 Å². The van der Waals surface area contributed by atoms with Crippen LogP contribution in [0.3, 0.4) is 0 Å². The third kappa shape index (κ3) is 4.06. The first-order chi connectivity index (χ1) is 13.6. The van der Waals surface area contributed by atoms with E-state index in [0.29, 0.717) is 13.1 Å². The van der Waals surface area contributed by atoms with Gasteiger partial charge in [-0.15, -0.1) is 0 Å². The highest BCUT2D eigenvalue weighted by atomic mass is 19.2. The van der Waals surface area contributed by atoms with Crippen molar-refractivity contribution in [2.75, 3.05) is 26.2 Å². The topological polar surface area (TPSA) is 47.6 Å². The first-order valence-corrected chi connectivity index (χ1v) is 9.66. The van der Waals surface area contributed by atoms with Crippen LogP contribution in [-0.4, -0.2) is 48.1 Å². The Balaban J connectivity index is 1.36. The van der Waals surface area contributed by atoms with Crippen molar-refractivity contribution in [3.05, 3.63) is 71.3 Å². The zero-order chi connectivity index (χ0) is 19.5. The number of carbonyl (C=O) groups excluding carboxylic acids is 1. The standard InChI is InChI=1S/C21H24F2N4O/c22-17-8-7-16(13-18(17)23)21(28)27-10-4-9-26(11-12-27)20-14-19(24-25-20)15-5-2-1-3-6-15/h1-3,5-8,13,19-20,24-25H,4,9-12,14H2. The fourth-order valence-electron chi connectivity index (χ4n) is 3.95. The van der Waals surface area contributed by atoms with Crippen molar-refractivity contribution in [3.63, 3.8) is 0 Å². The molecule has 2 aliphatic heterocycles. The lowest BCUT2D eigenvalue weighted by atomic mass is 10.0. The summed E-state index contributed by atoms with van der Waals surface area (Å²) in [6, 6.07) is 13.9. The number of nitrogens with one attached hydrogen (secondary N) is 2. The second-order valence-electron chi connectivity index (χ2n) is 7.31. The molecule has 2 aromatic carbocycles. The highest BCUT2D eigenvalue weighted by molar-refractivity contribution is 5.94. The molecule has 0 bridgehead atoms. The van der Waals surface area contributed by atoms with E-state index in [1.54, 1.807) is 4.90 Å². The van der Waals surface area contributed by atoms with E-state index in [1.807, 2.05) is 18.2 Å². The summed E-state index contributed by atoms with van der Waals surface area (Å²) in [4.78, 5) is 16.7. The number of hydrogen-bond acceptors (Lipinski definition) is 4. The lowest BCUT2D eigenvalue weighted by Gasteiger charge is -2.27. The highest BCUT2D eigenvalue weighted by Gasteiger charge is 2.31. The minimum atomic E-state index is -0.990. The molecular weight excluding hydrogens is 362 g/mol. The molecule has 148 valence electrons. The van der Waals surface area contributed by atoms with Gasteiger partial charge in [-0.05, 0) is 36.6 Å². The number of carbonyl (C=O) groups is 1. The van der Waals surface area contributed by atoms with E-state index in [9.17, 15) is 13.6 Å². The highest BCUT2D eigenvalue weighted by Crippen LogP contribution is 2.24. The Hall–Kier alpha value is -2.35. The van der Waals surface area contributed by atoms with Crippen LogP contribution in [0.1, 0.15) is 34.8 Å². The molecule has 28 heavy (non-hydrogen) atoms. The van der Waals surface area contributed by atoms with Crippen molar-refractivity contribution in [1.29, 1.82) is 0 Å². The maximum absolute atomic E-state index is 13.5. The minimum absolute atomic E-state index is 0.192. The second-order valence-corrected chi connectivity index (χ2v) is 7.31. The quantitative estimate of drug-likeness (QED) is 0.852. The zero-order valence-corrected chi connectivity index (χ0v) is 15.6. The maximum Gasteiger partial charge on any atom is 0.254 e. The summed E-state index contributed by atoms with van der Waals surface area (Å²) in [6.07, 6.45) is 1.98. The molecule has 7 heteroatoms. The number of halogens is 2. The number of rotatable bonds is 3. The number of amides is 1. The summed E-state index contributed by atoms with van der Waals surface area (Å²) in [5.41, 5.74) is 8.18.